The van der Waals surface area contributed by atoms with Gasteiger partial charge in [-0.1, -0.05) is 24.3 Å². The first-order valence-corrected chi connectivity index (χ1v) is 9.77. The molecule has 1 saturated heterocycles. The first kappa shape index (κ1) is 19.4. The number of amides is 1. The van der Waals surface area contributed by atoms with E-state index in [0.29, 0.717) is 13.0 Å². The van der Waals surface area contributed by atoms with Gasteiger partial charge in [0.05, 0.1) is 11.5 Å². The lowest BCUT2D eigenvalue weighted by Crippen LogP contribution is -2.62. The van der Waals surface area contributed by atoms with E-state index < -0.39 is 21.5 Å². The Bertz CT molecular complexity index is 908. The van der Waals surface area contributed by atoms with Gasteiger partial charge in [-0.25, -0.2) is 18.3 Å². The van der Waals surface area contributed by atoms with Gasteiger partial charge in [0.15, 0.2) is 0 Å². The first-order chi connectivity index (χ1) is 12.9. The number of benzene rings is 2. The highest BCUT2D eigenvalue weighted by Gasteiger charge is 2.44. The number of ether oxygens (including phenoxy) is 1. The Kier molecular flexibility index (Phi) is 5.56. The summed E-state index contributed by atoms with van der Waals surface area (Å²) in [4.78, 5) is 12.0. The standard InChI is InChI=1S/C18H19FN2O5S/c19-15-6-2-13(3-7-15)14-4-8-16(9-5-14)27(24,25)21-18(17(22)20-23)10-1-11-26-12-18/h2-9,21,23H,1,10-12H2,(H,20,22). The molecular formula is C18H19FN2O5S. The fourth-order valence-electron chi connectivity index (χ4n) is 2.99. The molecule has 0 saturated carbocycles. The molecule has 144 valence electrons. The molecule has 9 heteroatoms. The molecule has 1 heterocycles. The van der Waals surface area contributed by atoms with Gasteiger partial charge < -0.3 is 4.74 Å². The van der Waals surface area contributed by atoms with E-state index in [4.69, 9.17) is 9.94 Å². The van der Waals surface area contributed by atoms with E-state index in [0.717, 1.165) is 11.1 Å². The lowest BCUT2D eigenvalue weighted by molar-refractivity contribution is -0.140. The molecule has 2 aromatic rings. The molecule has 0 aliphatic carbocycles. The number of halogens is 1. The van der Waals surface area contributed by atoms with Gasteiger partial charge in [0.2, 0.25) is 10.0 Å². The van der Waals surface area contributed by atoms with Crippen LogP contribution in [0, 0.1) is 5.82 Å². The topological polar surface area (TPSA) is 105 Å². The largest absolute Gasteiger partial charge is 0.379 e. The molecule has 27 heavy (non-hydrogen) atoms. The van der Waals surface area contributed by atoms with Crippen LogP contribution in [0.1, 0.15) is 12.8 Å². The van der Waals surface area contributed by atoms with Crippen LogP contribution in [0.25, 0.3) is 11.1 Å². The second-order valence-corrected chi connectivity index (χ2v) is 8.00. The fraction of sp³-hybridized carbons (Fsp3) is 0.278. The Morgan fingerprint density at radius 3 is 2.19 bits per heavy atom. The number of carbonyl (C=O) groups is 1. The molecule has 0 bridgehead atoms. The maximum atomic E-state index is 13.0. The normalized spacial score (nSPS) is 20.2. The molecule has 1 amide bonds. The van der Waals surface area contributed by atoms with Crippen molar-refractivity contribution < 1.29 is 27.5 Å². The van der Waals surface area contributed by atoms with Crippen molar-refractivity contribution in [2.75, 3.05) is 13.2 Å². The monoisotopic (exact) mass is 394 g/mol. The van der Waals surface area contributed by atoms with Crippen LogP contribution in [0.15, 0.2) is 53.4 Å². The number of hydrogen-bond acceptors (Lipinski definition) is 5. The van der Waals surface area contributed by atoms with Crippen LogP contribution in [0.3, 0.4) is 0 Å². The average molecular weight is 394 g/mol. The molecule has 7 nitrogen and oxygen atoms in total. The number of nitrogens with one attached hydrogen (secondary N) is 2. The van der Waals surface area contributed by atoms with E-state index in [2.05, 4.69) is 4.72 Å². The maximum absolute atomic E-state index is 13.0. The zero-order chi connectivity index (χ0) is 19.5. The third-order valence-corrected chi connectivity index (χ3v) is 6.00. The predicted molar refractivity (Wildman–Crippen MR) is 94.9 cm³/mol. The molecule has 1 atom stereocenters. The van der Waals surface area contributed by atoms with Gasteiger partial charge in [0.1, 0.15) is 11.4 Å². The number of hydroxylamine groups is 1. The van der Waals surface area contributed by atoms with Crippen LogP contribution in [0.2, 0.25) is 0 Å². The Morgan fingerprint density at radius 1 is 1.07 bits per heavy atom. The molecule has 3 N–H and O–H groups in total. The molecular weight excluding hydrogens is 375 g/mol. The minimum absolute atomic E-state index is 0.0379. The van der Waals surface area contributed by atoms with Crippen LogP contribution in [0.5, 0.6) is 0 Å². The summed E-state index contributed by atoms with van der Waals surface area (Å²) < 4.78 is 46.1. The van der Waals surface area contributed by atoms with Gasteiger partial charge in [0.25, 0.3) is 5.91 Å². The maximum Gasteiger partial charge on any atom is 0.267 e. The molecule has 1 fully saturated rings. The summed E-state index contributed by atoms with van der Waals surface area (Å²) >= 11 is 0. The SMILES string of the molecule is O=C(NO)C1(NS(=O)(=O)c2ccc(-c3ccc(F)cc3)cc2)CCCOC1. The van der Waals surface area contributed by atoms with Crippen molar-refractivity contribution >= 4 is 15.9 Å². The Hall–Kier alpha value is -2.33. The second-order valence-electron chi connectivity index (χ2n) is 6.32. The first-order valence-electron chi connectivity index (χ1n) is 8.29. The summed E-state index contributed by atoms with van der Waals surface area (Å²) in [7, 11) is -4.04. The minimum Gasteiger partial charge on any atom is -0.379 e. The second kappa shape index (κ2) is 7.73. The number of hydrogen-bond donors (Lipinski definition) is 3. The zero-order valence-electron chi connectivity index (χ0n) is 14.3. The molecule has 0 aromatic heterocycles. The van der Waals surface area contributed by atoms with Crippen molar-refractivity contribution in [1.29, 1.82) is 0 Å². The van der Waals surface area contributed by atoms with Crippen molar-refractivity contribution in [3.8, 4) is 11.1 Å². The molecule has 0 spiro atoms. The molecule has 1 aliphatic rings. The van der Waals surface area contributed by atoms with E-state index in [-0.39, 0.29) is 23.7 Å². The quantitative estimate of drug-likeness (QED) is 0.530. The summed E-state index contributed by atoms with van der Waals surface area (Å²) in [6, 6.07) is 11.8. The lowest BCUT2D eigenvalue weighted by Gasteiger charge is -2.35. The minimum atomic E-state index is -4.04. The summed E-state index contributed by atoms with van der Waals surface area (Å²) in [5.41, 5.74) is 1.40. The summed E-state index contributed by atoms with van der Waals surface area (Å²) in [5, 5.41) is 8.98. The van der Waals surface area contributed by atoms with Crippen LogP contribution in [-0.4, -0.2) is 38.3 Å². The molecule has 2 aromatic carbocycles. The Labute approximate surface area is 156 Å². The van der Waals surface area contributed by atoms with Crippen molar-refractivity contribution in [3.63, 3.8) is 0 Å². The van der Waals surface area contributed by atoms with Gasteiger partial charge in [-0.2, -0.15) is 4.72 Å². The van der Waals surface area contributed by atoms with Crippen molar-refractivity contribution in [1.82, 2.24) is 10.2 Å². The van der Waals surface area contributed by atoms with Crippen molar-refractivity contribution in [2.45, 2.75) is 23.3 Å². The third kappa shape index (κ3) is 4.16. The van der Waals surface area contributed by atoms with Gasteiger partial charge in [0, 0.05) is 6.61 Å². The number of carbonyl (C=O) groups excluding carboxylic acids is 1. The highest BCUT2D eigenvalue weighted by molar-refractivity contribution is 7.89. The molecule has 1 aliphatic heterocycles. The van der Waals surface area contributed by atoms with Crippen LogP contribution >= 0.6 is 0 Å². The number of rotatable bonds is 5. The van der Waals surface area contributed by atoms with Gasteiger partial charge in [-0.3, -0.25) is 10.0 Å². The Balaban J connectivity index is 1.85. The van der Waals surface area contributed by atoms with E-state index in [9.17, 15) is 17.6 Å². The van der Waals surface area contributed by atoms with E-state index in [1.165, 1.54) is 29.7 Å². The zero-order valence-corrected chi connectivity index (χ0v) is 15.1. The Morgan fingerprint density at radius 2 is 1.67 bits per heavy atom. The van der Waals surface area contributed by atoms with Crippen LogP contribution < -0.4 is 10.2 Å². The highest BCUT2D eigenvalue weighted by Crippen LogP contribution is 2.25. The van der Waals surface area contributed by atoms with Gasteiger partial charge in [-0.15, -0.1) is 0 Å². The highest BCUT2D eigenvalue weighted by atomic mass is 32.2. The molecule has 3 rings (SSSR count). The summed E-state index contributed by atoms with van der Waals surface area (Å²) in [5.74, 6) is -1.22. The van der Waals surface area contributed by atoms with Gasteiger partial charge in [-0.05, 0) is 48.2 Å². The fourth-order valence-corrected chi connectivity index (χ4v) is 4.37. The van der Waals surface area contributed by atoms with Gasteiger partial charge >= 0.3 is 0 Å². The van der Waals surface area contributed by atoms with E-state index in [1.807, 2.05) is 0 Å². The smallest absolute Gasteiger partial charge is 0.267 e. The molecule has 0 radical (unpaired) electrons. The summed E-state index contributed by atoms with van der Waals surface area (Å²) in [6.45, 7) is 0.237. The molecule has 1 unspecified atom stereocenters. The van der Waals surface area contributed by atoms with Crippen LogP contribution in [-0.2, 0) is 19.6 Å². The van der Waals surface area contributed by atoms with E-state index in [1.54, 1.807) is 24.3 Å². The van der Waals surface area contributed by atoms with Crippen molar-refractivity contribution in [2.24, 2.45) is 0 Å². The van der Waals surface area contributed by atoms with Crippen molar-refractivity contribution in [3.05, 3.63) is 54.3 Å². The van der Waals surface area contributed by atoms with E-state index >= 15 is 0 Å². The average Bonchev–Trinajstić information content (AvgIpc) is 2.68. The van der Waals surface area contributed by atoms with Crippen LogP contribution in [0.4, 0.5) is 4.39 Å². The summed E-state index contributed by atoms with van der Waals surface area (Å²) in [6.07, 6.45) is 0.672. The third-order valence-electron chi connectivity index (χ3n) is 4.45. The predicted octanol–water partition coefficient (Wildman–Crippen LogP) is 1.83. The lowest BCUT2D eigenvalue weighted by atomic mass is 9.93. The number of sulfonamides is 1.